The van der Waals surface area contributed by atoms with Gasteiger partial charge in [-0.25, -0.2) is 8.78 Å². The van der Waals surface area contributed by atoms with Crippen LogP contribution in [0, 0.1) is 28.4 Å². The predicted octanol–water partition coefficient (Wildman–Crippen LogP) is 6.75. The van der Waals surface area contributed by atoms with E-state index in [2.05, 4.69) is 11.4 Å². The largest absolute Gasteiger partial charge is 0.339 e. The fraction of sp³-hybridized carbons (Fsp3) is 0.281. The molecule has 202 valence electrons. The van der Waals surface area contributed by atoms with Gasteiger partial charge in [0.15, 0.2) is 0 Å². The first kappa shape index (κ1) is 29.2. The number of halogens is 2. The molecule has 0 bridgehead atoms. The Kier molecular flexibility index (Phi) is 9.37. The number of hydrogen-bond donors (Lipinski definition) is 1. The Hall–Kier alpha value is -4.31. The first-order valence-electron chi connectivity index (χ1n) is 12.9. The molecule has 0 fully saturated rings. The van der Waals surface area contributed by atoms with Crippen LogP contribution in [0.1, 0.15) is 72.0 Å². The summed E-state index contributed by atoms with van der Waals surface area (Å²) in [5.74, 6) is -3.80. The van der Waals surface area contributed by atoms with Crippen molar-refractivity contribution >= 4 is 17.4 Å². The summed E-state index contributed by atoms with van der Waals surface area (Å²) in [4.78, 5) is 27.8. The van der Waals surface area contributed by atoms with Gasteiger partial charge in [0, 0.05) is 24.2 Å². The highest BCUT2D eigenvalue weighted by molar-refractivity contribution is 6.08. The van der Waals surface area contributed by atoms with Gasteiger partial charge in [-0.1, -0.05) is 75.4 Å². The number of carbonyl (C=O) groups is 2. The van der Waals surface area contributed by atoms with Gasteiger partial charge in [0.1, 0.15) is 17.7 Å². The molecule has 0 unspecified atom stereocenters. The highest BCUT2D eigenvalue weighted by Gasteiger charge is 2.31. The zero-order chi connectivity index (χ0) is 28.7. The Morgan fingerprint density at radius 2 is 1.38 bits per heavy atom. The molecule has 3 rings (SSSR count). The zero-order valence-electron chi connectivity index (χ0n) is 22.9. The van der Waals surface area contributed by atoms with Gasteiger partial charge >= 0.3 is 0 Å². The van der Waals surface area contributed by atoms with Gasteiger partial charge in [-0.2, -0.15) is 5.26 Å². The molecule has 3 aromatic carbocycles. The highest BCUT2D eigenvalue weighted by Crippen LogP contribution is 2.32. The van der Waals surface area contributed by atoms with Crippen LogP contribution in [0.5, 0.6) is 0 Å². The molecular weight excluding hydrogens is 496 g/mol. The van der Waals surface area contributed by atoms with Crippen LogP contribution in [-0.4, -0.2) is 29.8 Å². The number of nitrogens with one attached hydrogen (secondary N) is 1. The first-order valence-corrected chi connectivity index (χ1v) is 12.9. The summed E-state index contributed by atoms with van der Waals surface area (Å²) in [6.45, 7) is 9.35. The number of carbonyl (C=O) groups excluding carboxylic acids is 2. The monoisotopic (exact) mass is 529 g/mol. The van der Waals surface area contributed by atoms with Gasteiger partial charge in [-0.15, -0.1) is 0 Å². The molecule has 0 heterocycles. The summed E-state index contributed by atoms with van der Waals surface area (Å²) in [7, 11) is 0. The lowest BCUT2D eigenvalue weighted by atomic mass is 9.86. The maximum absolute atomic E-state index is 15.0. The molecular formula is C32H33F2N3O2. The third-order valence-electron chi connectivity index (χ3n) is 6.44. The Bertz CT molecular complexity index is 1410. The van der Waals surface area contributed by atoms with Crippen molar-refractivity contribution in [1.29, 1.82) is 5.26 Å². The summed E-state index contributed by atoms with van der Waals surface area (Å²) in [6, 6.07) is 21.2. The van der Waals surface area contributed by atoms with E-state index in [9.17, 15) is 19.2 Å². The van der Waals surface area contributed by atoms with Crippen LogP contribution in [0.2, 0.25) is 0 Å². The molecule has 0 spiro atoms. The van der Waals surface area contributed by atoms with Crippen LogP contribution in [0.4, 0.5) is 8.78 Å². The van der Waals surface area contributed by atoms with E-state index in [1.807, 2.05) is 42.5 Å². The maximum Gasteiger partial charge on any atom is 0.259 e. The summed E-state index contributed by atoms with van der Waals surface area (Å²) in [5.41, 5.74) is 1.11. The Balaban J connectivity index is 2.05. The zero-order valence-corrected chi connectivity index (χ0v) is 22.9. The van der Waals surface area contributed by atoms with Crippen molar-refractivity contribution in [3.8, 4) is 6.07 Å². The molecule has 0 aliphatic carbocycles. The van der Waals surface area contributed by atoms with E-state index in [0.29, 0.717) is 5.56 Å². The minimum atomic E-state index is -1.03. The summed E-state index contributed by atoms with van der Waals surface area (Å²) in [5, 5.41) is 12.8. The van der Waals surface area contributed by atoms with Crippen molar-refractivity contribution in [1.82, 2.24) is 10.2 Å². The second-order valence-electron chi connectivity index (χ2n) is 10.2. The topological polar surface area (TPSA) is 73.2 Å². The number of nitrogens with zero attached hydrogens (tertiary/aromatic N) is 2. The normalized spacial score (nSPS) is 11.8. The highest BCUT2D eigenvalue weighted by atomic mass is 19.1. The van der Waals surface area contributed by atoms with E-state index >= 15 is 4.39 Å². The van der Waals surface area contributed by atoms with Crippen LogP contribution in [0.3, 0.4) is 0 Å². The van der Waals surface area contributed by atoms with E-state index in [1.165, 1.54) is 4.90 Å². The number of amides is 2. The van der Waals surface area contributed by atoms with E-state index in [4.69, 9.17) is 0 Å². The minimum Gasteiger partial charge on any atom is -0.339 e. The number of nitriles is 1. The lowest BCUT2D eigenvalue weighted by Gasteiger charge is -2.26. The summed E-state index contributed by atoms with van der Waals surface area (Å²) < 4.78 is 29.9. The van der Waals surface area contributed by atoms with Gasteiger partial charge < -0.3 is 10.2 Å². The Morgan fingerprint density at radius 3 is 1.90 bits per heavy atom. The van der Waals surface area contributed by atoms with E-state index in [0.717, 1.165) is 29.7 Å². The molecule has 0 aliphatic heterocycles. The van der Waals surface area contributed by atoms with Crippen LogP contribution < -0.4 is 5.32 Å². The summed E-state index contributed by atoms with van der Waals surface area (Å²) >= 11 is 0. The van der Waals surface area contributed by atoms with Crippen molar-refractivity contribution < 1.29 is 18.4 Å². The van der Waals surface area contributed by atoms with E-state index < -0.39 is 40.0 Å². The average molecular weight is 530 g/mol. The van der Waals surface area contributed by atoms with Crippen molar-refractivity contribution in [2.24, 2.45) is 5.41 Å². The number of allylic oxidation sites excluding steroid dienone is 2. The molecule has 5 nitrogen and oxygen atoms in total. The van der Waals surface area contributed by atoms with Crippen LogP contribution in [0.25, 0.3) is 5.57 Å². The molecule has 2 amide bonds. The number of hydrogen-bond acceptors (Lipinski definition) is 3. The predicted molar refractivity (Wildman–Crippen MR) is 149 cm³/mol. The molecule has 39 heavy (non-hydrogen) atoms. The Labute approximate surface area is 228 Å². The molecule has 3 aromatic rings. The fourth-order valence-electron chi connectivity index (χ4n) is 4.34. The SMILES string of the molecule is CCN(CC)C(=O)c1c(F)ccc(F)c1C(=O)N/C(=C(/C#N)c1ccc(Cc2ccccc2)cc1)C(C)(C)C. The van der Waals surface area contributed by atoms with Gasteiger partial charge in [0.05, 0.1) is 16.7 Å². The molecule has 0 radical (unpaired) electrons. The number of benzene rings is 3. The van der Waals surface area contributed by atoms with Crippen molar-refractivity contribution in [2.45, 2.75) is 41.0 Å². The molecule has 1 N–H and O–H groups in total. The lowest BCUT2D eigenvalue weighted by Crippen LogP contribution is -2.36. The third kappa shape index (κ3) is 6.77. The second-order valence-corrected chi connectivity index (χ2v) is 10.2. The lowest BCUT2D eigenvalue weighted by molar-refractivity contribution is 0.0759. The number of rotatable bonds is 8. The standard InChI is InChI=1S/C32H33F2N3O2/c1-6-37(7-2)31(39)28-26(34)18-17-25(33)27(28)30(38)36-29(32(3,4)5)24(20-35)23-15-13-22(14-16-23)19-21-11-9-8-10-12-21/h8-18H,6-7,19H2,1-5H3,(H,36,38)/b29-24-. The van der Waals surface area contributed by atoms with Gasteiger partial charge in [0.25, 0.3) is 11.8 Å². The molecule has 7 heteroatoms. The maximum atomic E-state index is 15.0. The van der Waals surface area contributed by atoms with Crippen molar-refractivity contribution in [2.75, 3.05) is 13.1 Å². The second kappa shape index (κ2) is 12.5. The van der Waals surface area contributed by atoms with E-state index in [1.54, 1.807) is 46.8 Å². The molecule has 0 saturated carbocycles. The van der Waals surface area contributed by atoms with Crippen molar-refractivity contribution in [3.05, 3.63) is 112 Å². The minimum absolute atomic E-state index is 0.190. The smallest absolute Gasteiger partial charge is 0.259 e. The molecule has 0 aliphatic rings. The van der Waals surface area contributed by atoms with Crippen LogP contribution in [-0.2, 0) is 6.42 Å². The van der Waals surface area contributed by atoms with Crippen LogP contribution >= 0.6 is 0 Å². The fourth-order valence-corrected chi connectivity index (χ4v) is 4.34. The van der Waals surface area contributed by atoms with Crippen molar-refractivity contribution in [3.63, 3.8) is 0 Å². The average Bonchev–Trinajstić information content (AvgIpc) is 2.91. The Morgan fingerprint density at radius 1 is 0.846 bits per heavy atom. The van der Waals surface area contributed by atoms with Gasteiger partial charge in [-0.05, 0) is 49.1 Å². The van der Waals surface area contributed by atoms with Crippen LogP contribution in [0.15, 0.2) is 72.4 Å². The first-order chi connectivity index (χ1) is 18.5. The van der Waals surface area contributed by atoms with E-state index in [-0.39, 0.29) is 24.4 Å². The summed E-state index contributed by atoms with van der Waals surface area (Å²) in [6.07, 6.45) is 0.720. The molecule has 0 aromatic heterocycles. The molecule has 0 atom stereocenters. The third-order valence-corrected chi connectivity index (χ3v) is 6.44. The quantitative estimate of drug-likeness (QED) is 0.328. The molecule has 0 saturated heterocycles. The van der Waals surface area contributed by atoms with Gasteiger partial charge in [-0.3, -0.25) is 9.59 Å². The van der Waals surface area contributed by atoms with Gasteiger partial charge in [0.2, 0.25) is 0 Å².